The van der Waals surface area contributed by atoms with Gasteiger partial charge in [-0.2, -0.15) is 0 Å². The minimum Gasteiger partial charge on any atom is -0.338 e. The molecule has 4 heteroatoms. The summed E-state index contributed by atoms with van der Waals surface area (Å²) < 4.78 is 0. The first kappa shape index (κ1) is 18.5. The van der Waals surface area contributed by atoms with E-state index >= 15 is 0 Å². The van der Waals surface area contributed by atoms with Gasteiger partial charge in [-0.05, 0) is 56.3 Å². The predicted molar refractivity (Wildman–Crippen MR) is 108 cm³/mol. The van der Waals surface area contributed by atoms with E-state index in [9.17, 15) is 4.79 Å². The predicted octanol–water partition coefficient (Wildman–Crippen LogP) is 3.99. The van der Waals surface area contributed by atoms with E-state index in [1.165, 1.54) is 11.1 Å². The average Bonchev–Trinajstić information content (AvgIpc) is 3.09. The fraction of sp³-hybridized carbons (Fsp3) is 0.409. The van der Waals surface area contributed by atoms with Crippen molar-refractivity contribution in [1.29, 1.82) is 0 Å². The Balaban J connectivity index is 1.38. The maximum atomic E-state index is 12.2. The molecule has 1 unspecified atom stereocenters. The largest absolute Gasteiger partial charge is 0.338 e. The number of hydrogen-bond donors (Lipinski definition) is 2. The van der Waals surface area contributed by atoms with Gasteiger partial charge in [0.15, 0.2) is 0 Å². The van der Waals surface area contributed by atoms with Gasteiger partial charge in [-0.15, -0.1) is 0 Å². The highest BCUT2D eigenvalue weighted by Gasteiger charge is 2.22. The molecule has 0 radical (unpaired) electrons. The molecule has 2 aromatic carbocycles. The summed E-state index contributed by atoms with van der Waals surface area (Å²) in [5.74, 6) is 0.538. The fourth-order valence-corrected chi connectivity index (χ4v) is 3.57. The van der Waals surface area contributed by atoms with E-state index in [0.717, 1.165) is 50.3 Å². The number of carbonyl (C=O) groups excluding carboxylic acids is 1. The van der Waals surface area contributed by atoms with Gasteiger partial charge >= 0.3 is 6.03 Å². The Morgan fingerprint density at radius 2 is 1.96 bits per heavy atom. The van der Waals surface area contributed by atoms with Gasteiger partial charge in [0.2, 0.25) is 0 Å². The third-order valence-corrected chi connectivity index (χ3v) is 5.11. The molecule has 0 aromatic heterocycles. The summed E-state index contributed by atoms with van der Waals surface area (Å²) in [7, 11) is 0. The molecular formula is C22H29N3O. The van der Waals surface area contributed by atoms with Crippen molar-refractivity contribution in [1.82, 2.24) is 10.2 Å². The Hall–Kier alpha value is -2.33. The first-order chi connectivity index (χ1) is 12.6. The highest BCUT2D eigenvalue weighted by atomic mass is 16.2. The third-order valence-electron chi connectivity index (χ3n) is 5.11. The number of hydrogen-bond acceptors (Lipinski definition) is 2. The number of likely N-dealkylation sites (tertiary alicyclic amines) is 1. The van der Waals surface area contributed by atoms with E-state index in [2.05, 4.69) is 58.9 Å². The van der Waals surface area contributed by atoms with Gasteiger partial charge in [0.1, 0.15) is 0 Å². The summed E-state index contributed by atoms with van der Waals surface area (Å²) in [5, 5.41) is 5.99. The van der Waals surface area contributed by atoms with Crippen LogP contribution < -0.4 is 10.6 Å². The number of anilines is 1. The Morgan fingerprint density at radius 3 is 2.73 bits per heavy atom. The number of benzene rings is 2. The molecule has 0 bridgehead atoms. The number of carbonyl (C=O) groups is 1. The minimum atomic E-state index is -0.111. The SMILES string of the molecule is Cc1ccc(NC(=O)NCC2CCN(CCc3ccccc3)C2)c(C)c1. The summed E-state index contributed by atoms with van der Waals surface area (Å²) in [6.07, 6.45) is 2.24. The molecule has 1 atom stereocenters. The molecule has 1 heterocycles. The molecule has 1 aliphatic rings. The number of amides is 2. The monoisotopic (exact) mass is 351 g/mol. The third kappa shape index (κ3) is 5.33. The van der Waals surface area contributed by atoms with Gasteiger partial charge in [-0.1, -0.05) is 48.0 Å². The number of aryl methyl sites for hydroxylation is 2. The van der Waals surface area contributed by atoms with E-state index in [4.69, 9.17) is 0 Å². The molecule has 1 aliphatic heterocycles. The van der Waals surface area contributed by atoms with Crippen molar-refractivity contribution in [2.45, 2.75) is 26.7 Å². The summed E-state index contributed by atoms with van der Waals surface area (Å²) in [6.45, 7) is 8.09. The van der Waals surface area contributed by atoms with E-state index in [1.807, 2.05) is 19.1 Å². The molecule has 1 fully saturated rings. The van der Waals surface area contributed by atoms with Crippen molar-refractivity contribution in [2.75, 3.05) is 31.5 Å². The molecule has 2 aromatic rings. The summed E-state index contributed by atoms with van der Waals surface area (Å²) >= 11 is 0. The molecule has 26 heavy (non-hydrogen) atoms. The van der Waals surface area contributed by atoms with Crippen molar-refractivity contribution >= 4 is 11.7 Å². The van der Waals surface area contributed by atoms with E-state index < -0.39 is 0 Å². The second kappa shape index (κ2) is 8.86. The van der Waals surface area contributed by atoms with Crippen LogP contribution in [0.1, 0.15) is 23.1 Å². The molecule has 3 rings (SSSR count). The molecular weight excluding hydrogens is 322 g/mol. The van der Waals surface area contributed by atoms with Crippen LogP contribution in [0.25, 0.3) is 0 Å². The van der Waals surface area contributed by atoms with Crippen LogP contribution in [0.5, 0.6) is 0 Å². The summed E-state index contributed by atoms with van der Waals surface area (Å²) in [6, 6.07) is 16.6. The van der Waals surface area contributed by atoms with Gasteiger partial charge in [-0.25, -0.2) is 4.79 Å². The second-order valence-electron chi connectivity index (χ2n) is 7.34. The maximum absolute atomic E-state index is 12.2. The first-order valence-electron chi connectivity index (χ1n) is 9.48. The minimum absolute atomic E-state index is 0.111. The standard InChI is InChI=1S/C22H29N3O/c1-17-8-9-21(18(2)14-17)24-22(26)23-15-20-11-13-25(16-20)12-10-19-6-4-3-5-7-19/h3-9,14,20H,10-13,15-16H2,1-2H3,(H2,23,24,26). The summed E-state index contributed by atoms with van der Waals surface area (Å²) in [5.41, 5.74) is 4.56. The van der Waals surface area contributed by atoms with Gasteiger partial charge in [0, 0.05) is 25.3 Å². The lowest BCUT2D eigenvalue weighted by Crippen LogP contribution is -2.34. The Labute approximate surface area is 156 Å². The molecule has 0 saturated carbocycles. The van der Waals surface area contributed by atoms with Crippen molar-refractivity contribution in [3.63, 3.8) is 0 Å². The van der Waals surface area contributed by atoms with Crippen LogP contribution in [0.15, 0.2) is 48.5 Å². The normalized spacial score (nSPS) is 17.2. The molecule has 0 aliphatic carbocycles. The molecule has 0 spiro atoms. The van der Waals surface area contributed by atoms with Crippen molar-refractivity contribution in [3.8, 4) is 0 Å². The van der Waals surface area contributed by atoms with E-state index in [1.54, 1.807) is 0 Å². The van der Waals surface area contributed by atoms with Crippen LogP contribution in [0.3, 0.4) is 0 Å². The van der Waals surface area contributed by atoms with Gasteiger partial charge in [0.25, 0.3) is 0 Å². The van der Waals surface area contributed by atoms with Crippen molar-refractivity contribution < 1.29 is 4.79 Å². The Morgan fingerprint density at radius 1 is 1.15 bits per heavy atom. The number of urea groups is 1. The van der Waals surface area contributed by atoms with Crippen LogP contribution in [-0.4, -0.2) is 37.1 Å². The van der Waals surface area contributed by atoms with Crippen molar-refractivity contribution in [3.05, 3.63) is 65.2 Å². The van der Waals surface area contributed by atoms with Crippen molar-refractivity contribution in [2.24, 2.45) is 5.92 Å². The highest BCUT2D eigenvalue weighted by molar-refractivity contribution is 5.90. The fourth-order valence-electron chi connectivity index (χ4n) is 3.57. The molecule has 1 saturated heterocycles. The van der Waals surface area contributed by atoms with Crippen LogP contribution in [0.2, 0.25) is 0 Å². The lowest BCUT2D eigenvalue weighted by atomic mass is 10.1. The highest BCUT2D eigenvalue weighted by Crippen LogP contribution is 2.17. The lowest BCUT2D eigenvalue weighted by molar-refractivity contribution is 0.249. The van der Waals surface area contributed by atoms with Crippen LogP contribution >= 0.6 is 0 Å². The Bertz CT molecular complexity index is 729. The average molecular weight is 351 g/mol. The molecule has 2 amide bonds. The topological polar surface area (TPSA) is 44.4 Å². The molecule has 4 nitrogen and oxygen atoms in total. The van der Waals surface area contributed by atoms with E-state index in [0.29, 0.717) is 5.92 Å². The van der Waals surface area contributed by atoms with Crippen LogP contribution in [0, 0.1) is 19.8 Å². The van der Waals surface area contributed by atoms with E-state index in [-0.39, 0.29) is 6.03 Å². The first-order valence-corrected chi connectivity index (χ1v) is 9.48. The quantitative estimate of drug-likeness (QED) is 0.826. The van der Waals surface area contributed by atoms with Crippen LogP contribution in [-0.2, 0) is 6.42 Å². The summed E-state index contributed by atoms with van der Waals surface area (Å²) in [4.78, 5) is 14.7. The second-order valence-corrected chi connectivity index (χ2v) is 7.34. The lowest BCUT2D eigenvalue weighted by Gasteiger charge is -2.16. The zero-order valence-electron chi connectivity index (χ0n) is 15.8. The maximum Gasteiger partial charge on any atom is 0.319 e. The molecule has 138 valence electrons. The zero-order valence-corrected chi connectivity index (χ0v) is 15.8. The number of nitrogens with zero attached hydrogens (tertiary/aromatic N) is 1. The Kier molecular flexibility index (Phi) is 6.29. The smallest absolute Gasteiger partial charge is 0.319 e. The van der Waals surface area contributed by atoms with Crippen LogP contribution in [0.4, 0.5) is 10.5 Å². The number of rotatable bonds is 6. The van der Waals surface area contributed by atoms with Gasteiger partial charge in [0.05, 0.1) is 0 Å². The van der Waals surface area contributed by atoms with Gasteiger partial charge in [-0.3, -0.25) is 0 Å². The number of nitrogens with one attached hydrogen (secondary N) is 2. The molecule has 2 N–H and O–H groups in total. The van der Waals surface area contributed by atoms with Gasteiger partial charge < -0.3 is 15.5 Å². The zero-order chi connectivity index (χ0) is 18.4.